The Morgan fingerprint density at radius 2 is 1.20 bits per heavy atom. The molecule has 0 radical (unpaired) electrons. The number of aromatic nitrogens is 8. The van der Waals surface area contributed by atoms with E-state index in [-0.39, 0.29) is 0 Å². The van der Waals surface area contributed by atoms with Crippen molar-refractivity contribution in [3.8, 4) is 17.4 Å². The van der Waals surface area contributed by atoms with Crippen LogP contribution < -0.4 is 0 Å². The van der Waals surface area contributed by atoms with Gasteiger partial charge in [-0.3, -0.25) is 4.40 Å². The zero-order valence-electron chi connectivity index (χ0n) is 29.4. The van der Waals surface area contributed by atoms with Gasteiger partial charge in [0.1, 0.15) is 11.6 Å². The van der Waals surface area contributed by atoms with Gasteiger partial charge in [0.25, 0.3) is 0 Å². The number of nitriles is 1. The number of unbranched alkanes of at least 4 members (excludes halogenated alkanes) is 14. The molecule has 6 aromatic rings. The molecule has 0 aliphatic heterocycles. The first-order chi connectivity index (χ1) is 24.2. The highest BCUT2D eigenvalue weighted by molar-refractivity contribution is 5.99. The van der Waals surface area contributed by atoms with Crippen LogP contribution in [0.1, 0.15) is 134 Å². The van der Waals surface area contributed by atoms with Gasteiger partial charge in [0.2, 0.25) is 0 Å². The van der Waals surface area contributed by atoms with Gasteiger partial charge in [0, 0.05) is 5.39 Å². The van der Waals surface area contributed by atoms with Gasteiger partial charge in [-0.2, -0.15) is 5.26 Å². The zero-order valence-corrected chi connectivity index (χ0v) is 29.4. The normalized spacial score (nSPS) is 11.7. The first-order valence-corrected chi connectivity index (χ1v) is 18.8. The van der Waals surface area contributed by atoms with Crippen LogP contribution in [-0.2, 0) is 12.8 Å². The highest BCUT2D eigenvalue weighted by Gasteiger charge is 2.21. The first kappa shape index (κ1) is 34.3. The summed E-state index contributed by atoms with van der Waals surface area (Å²) >= 11 is 0. The average molecular weight is 658 g/mol. The van der Waals surface area contributed by atoms with Crippen molar-refractivity contribution in [3.63, 3.8) is 0 Å². The molecule has 4 heterocycles. The number of nitrogens with zero attached hydrogens (tertiary/aromatic N) is 9. The van der Waals surface area contributed by atoms with Gasteiger partial charge < -0.3 is 0 Å². The molecule has 9 nitrogen and oxygen atoms in total. The summed E-state index contributed by atoms with van der Waals surface area (Å²) in [5, 5.41) is 29.6. The molecule has 0 amide bonds. The number of benzene rings is 2. The van der Waals surface area contributed by atoms with E-state index < -0.39 is 0 Å². The van der Waals surface area contributed by atoms with Crippen molar-refractivity contribution in [2.24, 2.45) is 0 Å². The highest BCUT2D eigenvalue weighted by Crippen LogP contribution is 2.33. The minimum absolute atomic E-state index is 0.480. The summed E-state index contributed by atoms with van der Waals surface area (Å²) in [5.74, 6) is 0. The molecule has 0 N–H and O–H groups in total. The van der Waals surface area contributed by atoms with Crippen LogP contribution in [-0.4, -0.2) is 39.4 Å². The first-order valence-electron chi connectivity index (χ1n) is 18.8. The number of rotatable bonds is 20. The average Bonchev–Trinajstić information content (AvgIpc) is 3.89. The second-order valence-corrected chi connectivity index (χ2v) is 13.6. The Morgan fingerprint density at radius 1 is 0.633 bits per heavy atom. The number of para-hydroxylation sites is 2. The van der Waals surface area contributed by atoms with Crippen LogP contribution in [0.15, 0.2) is 54.9 Å². The molecule has 0 bridgehead atoms. The van der Waals surface area contributed by atoms with Crippen molar-refractivity contribution < 1.29 is 0 Å². The maximum atomic E-state index is 10.5. The summed E-state index contributed by atoms with van der Waals surface area (Å²) in [6.07, 6.45) is 26.3. The third-order valence-electron chi connectivity index (χ3n) is 9.76. The van der Waals surface area contributed by atoms with Crippen LogP contribution in [0, 0.1) is 11.3 Å². The Hall–Kier alpha value is -4.58. The Bertz CT molecular complexity index is 1990. The van der Waals surface area contributed by atoms with Crippen LogP contribution in [0.5, 0.6) is 0 Å². The summed E-state index contributed by atoms with van der Waals surface area (Å²) in [7, 11) is 0. The van der Waals surface area contributed by atoms with Crippen molar-refractivity contribution >= 4 is 27.6 Å². The van der Waals surface area contributed by atoms with Gasteiger partial charge >= 0.3 is 0 Å². The zero-order chi connectivity index (χ0) is 33.8. The molecule has 2 aromatic carbocycles. The lowest BCUT2D eigenvalue weighted by molar-refractivity contribution is 0.574. The number of hydrogen-bond donors (Lipinski definition) is 0. The van der Waals surface area contributed by atoms with Gasteiger partial charge in [-0.1, -0.05) is 126 Å². The Morgan fingerprint density at radius 3 is 1.84 bits per heavy atom. The molecular weight excluding hydrogens is 607 g/mol. The standard InChI is InChI=1S/C40H51N9/c1-3-5-7-9-11-13-15-17-21-31-29-47(45-43-31)33-25-26-34-38(27-33)49-37-24-20-19-23-36(37)42-40(49)35(28-41)39(34)48-30-32(44-46-48)22-18-16-14-12-10-8-6-4-2/h19-20,23-27,29-30H,3-18,21-22H2,1-2H3. The predicted octanol–water partition coefficient (Wildman–Crippen LogP) is 10.0. The minimum atomic E-state index is 0.480. The summed E-state index contributed by atoms with van der Waals surface area (Å²) in [4.78, 5) is 4.95. The van der Waals surface area contributed by atoms with E-state index >= 15 is 0 Å². The minimum Gasteiger partial charge on any atom is -0.291 e. The van der Waals surface area contributed by atoms with E-state index in [1.54, 1.807) is 4.68 Å². The van der Waals surface area contributed by atoms with Crippen LogP contribution in [0.2, 0.25) is 0 Å². The number of hydrogen-bond acceptors (Lipinski definition) is 6. The van der Waals surface area contributed by atoms with E-state index in [1.165, 1.54) is 89.9 Å². The monoisotopic (exact) mass is 657 g/mol. The van der Waals surface area contributed by atoms with E-state index in [4.69, 9.17) is 4.98 Å². The molecule has 9 heteroatoms. The van der Waals surface area contributed by atoms with Gasteiger partial charge in [0.05, 0.1) is 51.7 Å². The van der Waals surface area contributed by atoms with Crippen molar-refractivity contribution in [1.82, 2.24) is 39.4 Å². The highest BCUT2D eigenvalue weighted by atomic mass is 15.4. The number of imidazole rings is 1. The van der Waals surface area contributed by atoms with Crippen molar-refractivity contribution in [2.75, 3.05) is 0 Å². The van der Waals surface area contributed by atoms with E-state index in [0.717, 1.165) is 64.7 Å². The summed E-state index contributed by atoms with van der Waals surface area (Å²) in [6.45, 7) is 4.52. The maximum absolute atomic E-state index is 10.5. The third-order valence-corrected chi connectivity index (χ3v) is 9.76. The molecule has 0 aliphatic rings. The van der Waals surface area contributed by atoms with E-state index in [0.29, 0.717) is 16.9 Å². The topological polar surface area (TPSA) is 103 Å². The largest absolute Gasteiger partial charge is 0.291 e. The van der Waals surface area contributed by atoms with Crippen LogP contribution in [0.4, 0.5) is 0 Å². The number of fused-ring (bicyclic) bond motifs is 5. The number of aryl methyl sites for hydroxylation is 2. The molecule has 0 saturated heterocycles. The second-order valence-electron chi connectivity index (χ2n) is 13.6. The van der Waals surface area contributed by atoms with E-state index in [1.807, 2.05) is 41.3 Å². The van der Waals surface area contributed by atoms with Crippen LogP contribution in [0.25, 0.3) is 39.0 Å². The van der Waals surface area contributed by atoms with Gasteiger partial charge in [-0.05, 0) is 56.0 Å². The molecule has 0 atom stereocenters. The SMILES string of the molecule is CCCCCCCCCCc1cn(-c2ccc3c(-n4cc(CCCCCCCCCC)nn4)c(C#N)c4nc5ccccc5n4c3c2)nn1. The lowest BCUT2D eigenvalue weighted by Crippen LogP contribution is -2.05. The second kappa shape index (κ2) is 17.2. The molecule has 0 spiro atoms. The lowest BCUT2D eigenvalue weighted by atomic mass is 10.1. The molecular formula is C40H51N9. The molecule has 49 heavy (non-hydrogen) atoms. The van der Waals surface area contributed by atoms with E-state index in [9.17, 15) is 5.26 Å². The molecule has 0 fully saturated rings. The molecule has 6 rings (SSSR count). The predicted molar refractivity (Wildman–Crippen MR) is 197 cm³/mol. The Balaban J connectivity index is 1.25. The third kappa shape index (κ3) is 8.18. The fraction of sp³-hybridized carbons (Fsp3) is 0.500. The van der Waals surface area contributed by atoms with Crippen LogP contribution in [0.3, 0.4) is 0 Å². The fourth-order valence-electron chi connectivity index (χ4n) is 7.01. The molecule has 256 valence electrons. The summed E-state index contributed by atoms with van der Waals surface area (Å²) < 4.78 is 5.73. The molecule has 0 aliphatic carbocycles. The summed E-state index contributed by atoms with van der Waals surface area (Å²) in [6, 6.07) is 16.7. The smallest absolute Gasteiger partial charge is 0.158 e. The van der Waals surface area contributed by atoms with E-state index in [2.05, 4.69) is 63.1 Å². The quantitative estimate of drug-likeness (QED) is 0.0757. The van der Waals surface area contributed by atoms with Gasteiger partial charge in [-0.25, -0.2) is 14.3 Å². The Labute approximate surface area is 290 Å². The van der Waals surface area contributed by atoms with Crippen molar-refractivity contribution in [1.29, 1.82) is 5.26 Å². The Kier molecular flexibility index (Phi) is 12.0. The molecule has 0 saturated carbocycles. The molecule has 4 aromatic heterocycles. The lowest BCUT2D eigenvalue weighted by Gasteiger charge is -2.13. The maximum Gasteiger partial charge on any atom is 0.158 e. The molecule has 0 unspecified atom stereocenters. The van der Waals surface area contributed by atoms with Crippen molar-refractivity contribution in [3.05, 3.63) is 71.8 Å². The van der Waals surface area contributed by atoms with Crippen molar-refractivity contribution in [2.45, 2.75) is 129 Å². The van der Waals surface area contributed by atoms with Crippen LogP contribution >= 0.6 is 0 Å². The van der Waals surface area contributed by atoms with Gasteiger partial charge in [-0.15, -0.1) is 10.2 Å². The summed E-state index contributed by atoms with van der Waals surface area (Å²) in [5.41, 5.74) is 7.37. The number of pyridine rings is 1. The van der Waals surface area contributed by atoms with Gasteiger partial charge in [0.15, 0.2) is 5.65 Å². The fourth-order valence-corrected chi connectivity index (χ4v) is 7.01.